The van der Waals surface area contributed by atoms with Crippen molar-refractivity contribution < 1.29 is 23.5 Å². The minimum absolute atomic E-state index is 0.179. The second-order valence-corrected chi connectivity index (χ2v) is 6.20. The summed E-state index contributed by atoms with van der Waals surface area (Å²) in [6.07, 6.45) is 0.494. The summed E-state index contributed by atoms with van der Waals surface area (Å²) in [4.78, 5) is 23.6. The van der Waals surface area contributed by atoms with Crippen LogP contribution in [0.25, 0.3) is 0 Å². The van der Waals surface area contributed by atoms with Gasteiger partial charge in [0.25, 0.3) is 5.91 Å². The number of hydrogen-bond donors (Lipinski definition) is 1. The van der Waals surface area contributed by atoms with Crippen LogP contribution in [0.1, 0.15) is 16.8 Å². The average molecular weight is 457 g/mol. The summed E-state index contributed by atoms with van der Waals surface area (Å²) in [5.41, 5.74) is 0.517. The van der Waals surface area contributed by atoms with Gasteiger partial charge in [-0.3, -0.25) is 9.59 Å². The predicted octanol–water partition coefficient (Wildman–Crippen LogP) is 3.17. The molecular formula is C18H17FINO4. The molecule has 0 spiro atoms. The molecule has 2 aromatic carbocycles. The number of halogens is 2. The van der Waals surface area contributed by atoms with E-state index in [2.05, 4.69) is 27.9 Å². The molecular weight excluding hydrogens is 440 g/mol. The summed E-state index contributed by atoms with van der Waals surface area (Å²) < 4.78 is 23.9. The van der Waals surface area contributed by atoms with Gasteiger partial charge in [-0.05, 0) is 59.0 Å². The minimum atomic E-state index is -0.513. The predicted molar refractivity (Wildman–Crippen MR) is 99.0 cm³/mol. The first kappa shape index (κ1) is 19.2. The number of rotatable bonds is 8. The molecule has 0 atom stereocenters. The van der Waals surface area contributed by atoms with Crippen LogP contribution in [0.15, 0.2) is 48.5 Å². The lowest BCUT2D eigenvalue weighted by molar-refractivity contribution is -0.142. The van der Waals surface area contributed by atoms with Crippen LogP contribution < -0.4 is 10.1 Å². The standard InChI is InChI=1S/C18H17FINO4/c19-13-6-8-14(9-7-13)24-10-3-11-25-17(22)12-21-18(23)15-4-1-2-5-16(15)20/h1-2,4-9H,3,10-12H2,(H,21,23). The van der Waals surface area contributed by atoms with Gasteiger partial charge in [0.05, 0.1) is 18.8 Å². The number of benzene rings is 2. The lowest BCUT2D eigenvalue weighted by Crippen LogP contribution is -2.31. The van der Waals surface area contributed by atoms with Crippen LogP contribution in [0.3, 0.4) is 0 Å². The van der Waals surface area contributed by atoms with Gasteiger partial charge in [-0.1, -0.05) is 12.1 Å². The van der Waals surface area contributed by atoms with Crippen molar-refractivity contribution in [3.8, 4) is 5.75 Å². The zero-order valence-electron chi connectivity index (χ0n) is 13.3. The summed E-state index contributed by atoms with van der Waals surface area (Å²) in [5, 5.41) is 2.53. The van der Waals surface area contributed by atoms with Gasteiger partial charge in [0.2, 0.25) is 0 Å². The van der Waals surface area contributed by atoms with E-state index in [0.717, 1.165) is 3.57 Å². The number of amides is 1. The van der Waals surface area contributed by atoms with Crippen molar-refractivity contribution in [1.29, 1.82) is 0 Å². The van der Waals surface area contributed by atoms with Gasteiger partial charge < -0.3 is 14.8 Å². The average Bonchev–Trinajstić information content (AvgIpc) is 2.61. The summed E-state index contributed by atoms with van der Waals surface area (Å²) in [6.45, 7) is 0.328. The van der Waals surface area contributed by atoms with Gasteiger partial charge in [0, 0.05) is 9.99 Å². The van der Waals surface area contributed by atoms with Crippen LogP contribution in [0.4, 0.5) is 4.39 Å². The SMILES string of the molecule is O=C(CNC(=O)c1ccccc1I)OCCCOc1ccc(F)cc1. The maximum Gasteiger partial charge on any atom is 0.325 e. The van der Waals surface area contributed by atoms with Crippen LogP contribution >= 0.6 is 22.6 Å². The van der Waals surface area contributed by atoms with E-state index in [1.807, 2.05) is 12.1 Å². The third-order valence-electron chi connectivity index (χ3n) is 3.15. The number of nitrogens with one attached hydrogen (secondary N) is 1. The summed E-state index contributed by atoms with van der Waals surface area (Å²) >= 11 is 2.06. The first-order valence-electron chi connectivity index (χ1n) is 7.63. The van der Waals surface area contributed by atoms with Crippen LogP contribution in [0.2, 0.25) is 0 Å². The third kappa shape index (κ3) is 6.69. The number of ether oxygens (including phenoxy) is 2. The first-order chi connectivity index (χ1) is 12.1. The summed E-state index contributed by atoms with van der Waals surface area (Å²) in [7, 11) is 0. The molecule has 0 fully saturated rings. The second kappa shape index (κ2) is 9.97. The molecule has 2 aromatic rings. The zero-order valence-corrected chi connectivity index (χ0v) is 15.5. The smallest absolute Gasteiger partial charge is 0.325 e. The van der Waals surface area contributed by atoms with Gasteiger partial charge in [0.1, 0.15) is 18.1 Å². The van der Waals surface area contributed by atoms with E-state index < -0.39 is 5.97 Å². The molecule has 1 N–H and O–H groups in total. The van der Waals surface area contributed by atoms with Gasteiger partial charge in [-0.2, -0.15) is 0 Å². The maximum atomic E-state index is 12.7. The lowest BCUT2D eigenvalue weighted by Gasteiger charge is -2.08. The molecule has 5 nitrogen and oxygen atoms in total. The van der Waals surface area contributed by atoms with Crippen molar-refractivity contribution in [2.45, 2.75) is 6.42 Å². The molecule has 132 valence electrons. The topological polar surface area (TPSA) is 64.6 Å². The molecule has 0 heterocycles. The Kier molecular flexibility index (Phi) is 7.65. The fourth-order valence-electron chi connectivity index (χ4n) is 1.91. The van der Waals surface area contributed by atoms with Crippen LogP contribution in [-0.2, 0) is 9.53 Å². The van der Waals surface area contributed by atoms with Crippen LogP contribution in [-0.4, -0.2) is 31.6 Å². The van der Waals surface area contributed by atoms with E-state index in [1.165, 1.54) is 24.3 Å². The normalized spacial score (nSPS) is 10.2. The van der Waals surface area contributed by atoms with E-state index >= 15 is 0 Å². The maximum absolute atomic E-state index is 12.7. The molecule has 0 bridgehead atoms. The molecule has 0 aliphatic rings. The number of hydrogen-bond acceptors (Lipinski definition) is 4. The molecule has 25 heavy (non-hydrogen) atoms. The molecule has 0 aliphatic carbocycles. The molecule has 0 saturated heterocycles. The van der Waals surface area contributed by atoms with Crippen LogP contribution in [0, 0.1) is 9.39 Å². The zero-order chi connectivity index (χ0) is 18.1. The van der Waals surface area contributed by atoms with Crippen molar-refractivity contribution in [2.75, 3.05) is 19.8 Å². The van der Waals surface area contributed by atoms with E-state index in [9.17, 15) is 14.0 Å². The quantitative estimate of drug-likeness (QED) is 0.376. The van der Waals surface area contributed by atoms with Crippen molar-refractivity contribution >= 4 is 34.5 Å². The highest BCUT2D eigenvalue weighted by Gasteiger charge is 2.11. The van der Waals surface area contributed by atoms with Crippen LogP contribution in [0.5, 0.6) is 5.75 Å². The number of esters is 1. The van der Waals surface area contributed by atoms with Crippen molar-refractivity contribution in [3.05, 3.63) is 63.5 Å². The molecule has 2 rings (SSSR count). The Labute approximate surface area is 158 Å². The molecule has 0 radical (unpaired) electrons. The second-order valence-electron chi connectivity index (χ2n) is 5.04. The monoisotopic (exact) mass is 457 g/mol. The highest BCUT2D eigenvalue weighted by atomic mass is 127. The molecule has 0 unspecified atom stereocenters. The minimum Gasteiger partial charge on any atom is -0.493 e. The number of carbonyl (C=O) groups is 2. The Balaban J connectivity index is 1.60. The fourth-order valence-corrected chi connectivity index (χ4v) is 2.54. The van der Waals surface area contributed by atoms with E-state index in [0.29, 0.717) is 24.3 Å². The van der Waals surface area contributed by atoms with Gasteiger partial charge >= 0.3 is 5.97 Å². The Bertz CT molecular complexity index is 721. The summed E-state index contributed by atoms with van der Waals surface area (Å²) in [5.74, 6) is -0.603. The molecule has 0 aromatic heterocycles. The Morgan fingerprint density at radius 2 is 1.76 bits per heavy atom. The van der Waals surface area contributed by atoms with Gasteiger partial charge in [-0.25, -0.2) is 4.39 Å². The fraction of sp³-hybridized carbons (Fsp3) is 0.222. The van der Waals surface area contributed by atoms with E-state index in [4.69, 9.17) is 9.47 Å². The molecule has 7 heteroatoms. The van der Waals surface area contributed by atoms with Gasteiger partial charge in [0.15, 0.2) is 0 Å². The third-order valence-corrected chi connectivity index (χ3v) is 4.09. The molecule has 0 saturated carbocycles. The lowest BCUT2D eigenvalue weighted by atomic mass is 10.2. The Morgan fingerprint density at radius 1 is 1.04 bits per heavy atom. The largest absolute Gasteiger partial charge is 0.493 e. The first-order valence-corrected chi connectivity index (χ1v) is 8.71. The van der Waals surface area contributed by atoms with Gasteiger partial charge in [-0.15, -0.1) is 0 Å². The molecule has 0 aliphatic heterocycles. The highest BCUT2D eigenvalue weighted by molar-refractivity contribution is 14.1. The number of carbonyl (C=O) groups excluding carboxylic acids is 2. The van der Waals surface area contributed by atoms with Crippen molar-refractivity contribution in [2.24, 2.45) is 0 Å². The Morgan fingerprint density at radius 3 is 2.48 bits per heavy atom. The molecule has 1 amide bonds. The van der Waals surface area contributed by atoms with Crippen molar-refractivity contribution in [1.82, 2.24) is 5.32 Å². The van der Waals surface area contributed by atoms with E-state index in [1.54, 1.807) is 12.1 Å². The van der Waals surface area contributed by atoms with Crippen molar-refractivity contribution in [3.63, 3.8) is 0 Å². The Hall–Kier alpha value is -2.16. The van der Waals surface area contributed by atoms with E-state index in [-0.39, 0.29) is 24.9 Å². The summed E-state index contributed by atoms with van der Waals surface area (Å²) in [6, 6.07) is 12.8. The highest BCUT2D eigenvalue weighted by Crippen LogP contribution is 2.11.